The topological polar surface area (TPSA) is 68.2 Å². The Balaban J connectivity index is 1.58. The summed E-state index contributed by atoms with van der Waals surface area (Å²) in [5.74, 6) is -0.0656. The highest BCUT2D eigenvalue weighted by Gasteiger charge is 2.33. The van der Waals surface area contributed by atoms with Crippen molar-refractivity contribution in [3.8, 4) is 0 Å². The number of rotatable bonds is 4. The number of hydrogen-bond acceptors (Lipinski definition) is 4. The summed E-state index contributed by atoms with van der Waals surface area (Å²) in [6, 6.07) is 9.12. The van der Waals surface area contributed by atoms with E-state index in [1.54, 1.807) is 0 Å². The molecule has 6 nitrogen and oxygen atoms in total. The molecular formula is C19H26N4O2. The number of benzene rings is 1. The highest BCUT2D eigenvalue weighted by atomic mass is 16.5. The Hall–Kier alpha value is -1.92. The van der Waals surface area contributed by atoms with Gasteiger partial charge < -0.3 is 15.4 Å². The van der Waals surface area contributed by atoms with E-state index in [0.717, 1.165) is 43.4 Å². The molecule has 25 heavy (non-hydrogen) atoms. The van der Waals surface area contributed by atoms with Crippen molar-refractivity contribution in [1.29, 1.82) is 0 Å². The molecule has 0 saturated carbocycles. The zero-order chi connectivity index (χ0) is 17.4. The van der Waals surface area contributed by atoms with Crippen LogP contribution in [-0.4, -0.2) is 47.0 Å². The van der Waals surface area contributed by atoms with Gasteiger partial charge in [0, 0.05) is 29.6 Å². The summed E-state index contributed by atoms with van der Waals surface area (Å²) in [5.41, 5.74) is 1.56. The second-order valence-corrected chi connectivity index (χ2v) is 7.31. The van der Waals surface area contributed by atoms with Gasteiger partial charge in [0.05, 0.1) is 18.7 Å². The molecule has 0 aliphatic carbocycles. The second kappa shape index (κ2) is 6.77. The molecule has 4 rings (SSSR count). The van der Waals surface area contributed by atoms with E-state index < -0.39 is 0 Å². The van der Waals surface area contributed by atoms with Crippen molar-refractivity contribution in [2.75, 3.05) is 13.2 Å². The first-order valence-electron chi connectivity index (χ1n) is 9.27. The fourth-order valence-corrected chi connectivity index (χ4v) is 3.97. The molecule has 0 spiro atoms. The monoisotopic (exact) mass is 342 g/mol. The minimum Gasteiger partial charge on any atom is -0.378 e. The van der Waals surface area contributed by atoms with Crippen molar-refractivity contribution in [1.82, 2.24) is 20.4 Å². The van der Waals surface area contributed by atoms with E-state index in [4.69, 9.17) is 4.74 Å². The van der Waals surface area contributed by atoms with Crippen LogP contribution in [-0.2, 0) is 4.74 Å². The summed E-state index contributed by atoms with van der Waals surface area (Å²) in [5, 5.41) is 12.4. The standard InChI is InChI=1S/C19H26N4O2/c1-3-12(2)23-17-7-5-4-6-16(17)18(22-23)19(24)21-13-8-14-10-25-11-15(9-13)20-14/h4-7,12-15,20H,3,8-11H2,1-2H3,(H,21,24)/t12?,13?,14-,15+. The van der Waals surface area contributed by atoms with Crippen molar-refractivity contribution in [2.45, 2.75) is 57.3 Å². The quantitative estimate of drug-likeness (QED) is 0.894. The van der Waals surface area contributed by atoms with Crippen LogP contribution in [0.1, 0.15) is 49.6 Å². The van der Waals surface area contributed by atoms with Gasteiger partial charge in [0.1, 0.15) is 0 Å². The molecule has 2 bridgehead atoms. The molecule has 2 unspecified atom stereocenters. The van der Waals surface area contributed by atoms with E-state index in [1.165, 1.54) is 0 Å². The van der Waals surface area contributed by atoms with Gasteiger partial charge in [-0.05, 0) is 32.3 Å². The maximum atomic E-state index is 12.9. The number of hydrogen-bond donors (Lipinski definition) is 2. The minimum absolute atomic E-state index is 0.0656. The molecule has 2 aromatic rings. The number of para-hydroxylation sites is 1. The number of nitrogens with one attached hydrogen (secondary N) is 2. The Morgan fingerprint density at radius 2 is 2.08 bits per heavy atom. The Kier molecular flexibility index (Phi) is 4.48. The lowest BCUT2D eigenvalue weighted by Gasteiger charge is -2.40. The van der Waals surface area contributed by atoms with Gasteiger partial charge in [0.25, 0.3) is 5.91 Å². The summed E-state index contributed by atoms with van der Waals surface area (Å²) in [4.78, 5) is 12.9. The van der Waals surface area contributed by atoms with Crippen LogP contribution in [0.5, 0.6) is 0 Å². The number of morpholine rings is 1. The average molecular weight is 342 g/mol. The number of amides is 1. The van der Waals surface area contributed by atoms with Crippen molar-refractivity contribution in [2.24, 2.45) is 0 Å². The van der Waals surface area contributed by atoms with E-state index in [2.05, 4.69) is 29.6 Å². The Morgan fingerprint density at radius 1 is 1.36 bits per heavy atom. The van der Waals surface area contributed by atoms with Gasteiger partial charge >= 0.3 is 0 Å². The molecule has 1 aromatic heterocycles. The number of carbonyl (C=O) groups excluding carboxylic acids is 1. The van der Waals surface area contributed by atoms with Crippen LogP contribution < -0.4 is 10.6 Å². The largest absolute Gasteiger partial charge is 0.378 e. The van der Waals surface area contributed by atoms with Crippen molar-refractivity contribution in [3.63, 3.8) is 0 Å². The lowest BCUT2D eigenvalue weighted by Crippen LogP contribution is -2.58. The van der Waals surface area contributed by atoms with Gasteiger partial charge in [-0.25, -0.2) is 0 Å². The lowest BCUT2D eigenvalue weighted by molar-refractivity contribution is 0.0148. The smallest absolute Gasteiger partial charge is 0.272 e. The predicted octanol–water partition coefficient (Wildman–Crippen LogP) is 2.26. The molecule has 2 aliphatic rings. The molecule has 2 aliphatic heterocycles. The number of carbonyl (C=O) groups is 1. The zero-order valence-electron chi connectivity index (χ0n) is 14.9. The first kappa shape index (κ1) is 16.5. The van der Waals surface area contributed by atoms with E-state index in [1.807, 2.05) is 28.9 Å². The van der Waals surface area contributed by atoms with Gasteiger partial charge in [0.15, 0.2) is 5.69 Å². The van der Waals surface area contributed by atoms with E-state index in [-0.39, 0.29) is 18.0 Å². The fourth-order valence-electron chi connectivity index (χ4n) is 3.97. The summed E-state index contributed by atoms with van der Waals surface area (Å²) in [6.07, 6.45) is 2.79. The summed E-state index contributed by atoms with van der Waals surface area (Å²) >= 11 is 0. The second-order valence-electron chi connectivity index (χ2n) is 7.31. The van der Waals surface area contributed by atoms with Crippen LogP contribution in [0.4, 0.5) is 0 Å². The maximum absolute atomic E-state index is 12.9. The summed E-state index contributed by atoms with van der Waals surface area (Å²) < 4.78 is 7.56. The average Bonchev–Trinajstić information content (AvgIpc) is 3.00. The third kappa shape index (κ3) is 3.16. The lowest BCUT2D eigenvalue weighted by atomic mass is 9.92. The third-order valence-electron chi connectivity index (χ3n) is 5.42. The van der Waals surface area contributed by atoms with Crippen LogP contribution >= 0.6 is 0 Å². The Labute approximate surface area is 147 Å². The van der Waals surface area contributed by atoms with Crippen molar-refractivity contribution >= 4 is 16.8 Å². The molecule has 1 aromatic carbocycles. The molecule has 134 valence electrons. The number of nitrogens with zero attached hydrogens (tertiary/aromatic N) is 2. The van der Waals surface area contributed by atoms with Crippen molar-refractivity contribution < 1.29 is 9.53 Å². The van der Waals surface area contributed by atoms with Crippen molar-refractivity contribution in [3.05, 3.63) is 30.0 Å². The van der Waals surface area contributed by atoms with Crippen LogP contribution in [0, 0.1) is 0 Å². The highest BCUT2D eigenvalue weighted by Crippen LogP contribution is 2.24. The van der Waals surface area contributed by atoms with Gasteiger partial charge in [0.2, 0.25) is 0 Å². The molecule has 1 amide bonds. The summed E-state index contributed by atoms with van der Waals surface area (Å²) in [6.45, 7) is 5.73. The first-order chi connectivity index (χ1) is 12.2. The molecule has 2 saturated heterocycles. The van der Waals surface area contributed by atoms with Gasteiger partial charge in [-0.1, -0.05) is 25.1 Å². The molecule has 4 atom stereocenters. The number of ether oxygens (including phenoxy) is 1. The Morgan fingerprint density at radius 3 is 2.80 bits per heavy atom. The van der Waals surface area contributed by atoms with Gasteiger partial charge in [-0.15, -0.1) is 0 Å². The van der Waals surface area contributed by atoms with Gasteiger partial charge in [-0.3, -0.25) is 9.48 Å². The minimum atomic E-state index is -0.0656. The van der Waals surface area contributed by atoms with E-state index >= 15 is 0 Å². The SMILES string of the molecule is CCC(C)n1nc(C(=O)NC2C[C@H]3COC[C@@H](C2)N3)c2ccccc21. The maximum Gasteiger partial charge on any atom is 0.272 e. The van der Waals surface area contributed by atoms with Crippen LogP contribution in [0.3, 0.4) is 0 Å². The predicted molar refractivity (Wildman–Crippen MR) is 96.8 cm³/mol. The number of fused-ring (bicyclic) bond motifs is 3. The van der Waals surface area contributed by atoms with Gasteiger partial charge in [-0.2, -0.15) is 5.10 Å². The number of piperidine rings is 1. The van der Waals surface area contributed by atoms with E-state index in [9.17, 15) is 4.79 Å². The van der Waals surface area contributed by atoms with Crippen LogP contribution in [0.25, 0.3) is 10.9 Å². The zero-order valence-corrected chi connectivity index (χ0v) is 14.9. The van der Waals surface area contributed by atoms with Crippen LogP contribution in [0.2, 0.25) is 0 Å². The molecule has 2 fully saturated rings. The fraction of sp³-hybridized carbons (Fsp3) is 0.579. The molecule has 0 radical (unpaired) electrons. The third-order valence-corrected chi connectivity index (χ3v) is 5.42. The molecular weight excluding hydrogens is 316 g/mol. The first-order valence-corrected chi connectivity index (χ1v) is 9.27. The van der Waals surface area contributed by atoms with E-state index in [0.29, 0.717) is 17.8 Å². The normalized spacial score (nSPS) is 27.2. The molecule has 2 N–H and O–H groups in total. The molecule has 6 heteroatoms. The Bertz CT molecular complexity index is 760. The summed E-state index contributed by atoms with van der Waals surface area (Å²) in [7, 11) is 0. The highest BCUT2D eigenvalue weighted by molar-refractivity contribution is 6.05. The number of aromatic nitrogens is 2. The molecule has 3 heterocycles. The van der Waals surface area contributed by atoms with Crippen LogP contribution in [0.15, 0.2) is 24.3 Å².